The van der Waals surface area contributed by atoms with Crippen LogP contribution in [0.5, 0.6) is 0 Å². The van der Waals surface area contributed by atoms with Gasteiger partial charge in [0.15, 0.2) is 0 Å². The monoisotopic (exact) mass is 305 g/mol. The number of nitrogens with zero attached hydrogens (tertiary/aromatic N) is 1. The van der Waals surface area contributed by atoms with E-state index in [1.807, 2.05) is 20.8 Å². The number of hydrogen-bond donors (Lipinski definition) is 2. The fourth-order valence-corrected chi connectivity index (χ4v) is 3.81. The van der Waals surface area contributed by atoms with E-state index in [-0.39, 0.29) is 23.6 Å². The maximum Gasteiger partial charge on any atom is 0.237 e. The summed E-state index contributed by atoms with van der Waals surface area (Å²) in [6.45, 7) is 6.63. The summed E-state index contributed by atoms with van der Waals surface area (Å²) in [5, 5.41) is 2.92. The van der Waals surface area contributed by atoms with Gasteiger partial charge in [-0.3, -0.25) is 4.79 Å². The van der Waals surface area contributed by atoms with Crippen molar-refractivity contribution in [2.45, 2.75) is 52.1 Å². The fourth-order valence-electron chi connectivity index (χ4n) is 2.27. The van der Waals surface area contributed by atoms with Gasteiger partial charge < -0.3 is 11.1 Å². The van der Waals surface area contributed by atoms with Crippen molar-refractivity contribution in [2.75, 3.05) is 18.8 Å². The third-order valence-corrected chi connectivity index (χ3v) is 5.75. The Morgan fingerprint density at radius 3 is 2.35 bits per heavy atom. The van der Waals surface area contributed by atoms with E-state index in [1.54, 1.807) is 0 Å². The minimum Gasteiger partial charge on any atom is -0.352 e. The molecule has 1 saturated heterocycles. The minimum atomic E-state index is -3.12. The number of rotatable bonds is 6. The molecule has 0 aromatic rings. The lowest BCUT2D eigenvalue weighted by atomic mass is 10.0. The molecule has 1 fully saturated rings. The highest BCUT2D eigenvalue weighted by atomic mass is 32.2. The van der Waals surface area contributed by atoms with Gasteiger partial charge in [0, 0.05) is 19.1 Å². The molecule has 118 valence electrons. The second-order valence-corrected chi connectivity index (χ2v) is 7.86. The number of carbonyl (C=O) groups excluding carboxylic acids is 1. The first-order chi connectivity index (χ1) is 9.27. The van der Waals surface area contributed by atoms with Gasteiger partial charge in [-0.2, -0.15) is 0 Å². The summed E-state index contributed by atoms with van der Waals surface area (Å²) in [5.74, 6) is 0.150. The van der Waals surface area contributed by atoms with E-state index >= 15 is 0 Å². The Kier molecular flexibility index (Phi) is 6.42. The quantitative estimate of drug-likeness (QED) is 0.737. The topological polar surface area (TPSA) is 92.5 Å². The maximum absolute atomic E-state index is 11.9. The average Bonchev–Trinajstić information content (AvgIpc) is 2.38. The molecule has 1 aliphatic rings. The molecule has 1 rings (SSSR count). The van der Waals surface area contributed by atoms with Crippen LogP contribution in [0.25, 0.3) is 0 Å². The second kappa shape index (κ2) is 7.38. The Hall–Kier alpha value is -0.660. The third-order valence-electron chi connectivity index (χ3n) is 3.68. The number of nitrogens with one attached hydrogen (secondary N) is 1. The molecule has 0 bridgehead atoms. The highest BCUT2D eigenvalue weighted by Gasteiger charge is 2.29. The fraction of sp³-hybridized carbons (Fsp3) is 0.923. The molecule has 1 amide bonds. The van der Waals surface area contributed by atoms with Crippen LogP contribution in [0.4, 0.5) is 0 Å². The summed E-state index contributed by atoms with van der Waals surface area (Å²) in [4.78, 5) is 11.9. The summed E-state index contributed by atoms with van der Waals surface area (Å²) in [5.41, 5.74) is 5.79. The van der Waals surface area contributed by atoms with Gasteiger partial charge in [0.2, 0.25) is 15.9 Å². The average molecular weight is 305 g/mol. The summed E-state index contributed by atoms with van der Waals surface area (Å²) >= 11 is 0. The van der Waals surface area contributed by atoms with E-state index in [9.17, 15) is 13.2 Å². The lowest BCUT2D eigenvalue weighted by molar-refractivity contribution is -0.124. The first-order valence-corrected chi connectivity index (χ1v) is 8.92. The normalized spacial score (nSPS) is 20.1. The van der Waals surface area contributed by atoms with Crippen LogP contribution >= 0.6 is 0 Å². The number of hydrogen-bond acceptors (Lipinski definition) is 4. The molecule has 7 heteroatoms. The molecular weight excluding hydrogens is 278 g/mol. The molecule has 3 N–H and O–H groups in total. The van der Waals surface area contributed by atoms with E-state index < -0.39 is 16.1 Å². The Morgan fingerprint density at radius 2 is 1.90 bits per heavy atom. The van der Waals surface area contributed by atoms with Crippen LogP contribution in [0.15, 0.2) is 0 Å². The van der Waals surface area contributed by atoms with Crippen molar-refractivity contribution >= 4 is 15.9 Å². The SMILES string of the molecule is CCCS(=O)(=O)N1CCC(NC(=O)C(N)C(C)C)CC1. The van der Waals surface area contributed by atoms with Gasteiger partial charge in [-0.1, -0.05) is 20.8 Å². The van der Waals surface area contributed by atoms with Crippen LogP contribution in [-0.4, -0.2) is 49.6 Å². The molecule has 0 aromatic heterocycles. The first kappa shape index (κ1) is 17.4. The zero-order chi connectivity index (χ0) is 15.3. The van der Waals surface area contributed by atoms with Crippen LogP contribution in [0, 0.1) is 5.92 Å². The molecule has 20 heavy (non-hydrogen) atoms. The standard InChI is InChI=1S/C13H27N3O3S/c1-4-9-20(18,19)16-7-5-11(6-8-16)15-13(17)12(14)10(2)3/h10-12H,4-9,14H2,1-3H3,(H,15,17). The van der Waals surface area contributed by atoms with Gasteiger partial charge in [-0.15, -0.1) is 0 Å². The largest absolute Gasteiger partial charge is 0.352 e. The molecule has 0 aliphatic carbocycles. The van der Waals surface area contributed by atoms with E-state index in [1.165, 1.54) is 4.31 Å². The van der Waals surface area contributed by atoms with Crippen molar-refractivity contribution in [3.05, 3.63) is 0 Å². The minimum absolute atomic E-state index is 0.0281. The molecule has 0 radical (unpaired) electrons. The number of nitrogens with two attached hydrogens (primary N) is 1. The Labute approximate surface area is 122 Å². The van der Waals surface area contributed by atoms with E-state index in [4.69, 9.17) is 5.73 Å². The molecule has 0 aromatic carbocycles. The number of amides is 1. The Balaban J connectivity index is 2.45. The highest BCUT2D eigenvalue weighted by Crippen LogP contribution is 2.15. The van der Waals surface area contributed by atoms with Crippen LogP contribution in [0.1, 0.15) is 40.0 Å². The van der Waals surface area contributed by atoms with Gasteiger partial charge in [-0.05, 0) is 25.2 Å². The molecule has 1 unspecified atom stereocenters. The number of sulfonamides is 1. The summed E-state index contributed by atoms with van der Waals surface area (Å²) in [6.07, 6.45) is 1.93. The van der Waals surface area contributed by atoms with Crippen LogP contribution in [0.3, 0.4) is 0 Å². The zero-order valence-electron chi connectivity index (χ0n) is 12.6. The lowest BCUT2D eigenvalue weighted by Crippen LogP contribution is -2.51. The predicted molar refractivity (Wildman–Crippen MR) is 79.6 cm³/mol. The van der Waals surface area contributed by atoms with Gasteiger partial charge in [-0.25, -0.2) is 12.7 Å². The zero-order valence-corrected chi connectivity index (χ0v) is 13.4. The summed E-state index contributed by atoms with van der Waals surface area (Å²) in [7, 11) is -3.12. The molecule has 0 spiro atoms. The van der Waals surface area contributed by atoms with Crippen molar-refractivity contribution in [3.63, 3.8) is 0 Å². The first-order valence-electron chi connectivity index (χ1n) is 7.31. The number of piperidine rings is 1. The van der Waals surface area contributed by atoms with Crippen LogP contribution in [-0.2, 0) is 14.8 Å². The molecule has 1 atom stereocenters. The van der Waals surface area contributed by atoms with E-state index in [0.29, 0.717) is 32.4 Å². The second-order valence-electron chi connectivity index (χ2n) is 5.77. The highest BCUT2D eigenvalue weighted by molar-refractivity contribution is 7.89. The van der Waals surface area contributed by atoms with E-state index in [2.05, 4.69) is 5.32 Å². The van der Waals surface area contributed by atoms with Crippen molar-refractivity contribution in [1.29, 1.82) is 0 Å². The summed E-state index contributed by atoms with van der Waals surface area (Å²) < 4.78 is 25.4. The van der Waals surface area contributed by atoms with Gasteiger partial charge >= 0.3 is 0 Å². The molecule has 6 nitrogen and oxygen atoms in total. The lowest BCUT2D eigenvalue weighted by Gasteiger charge is -2.32. The molecule has 1 aliphatic heterocycles. The van der Waals surface area contributed by atoms with Crippen molar-refractivity contribution in [1.82, 2.24) is 9.62 Å². The maximum atomic E-state index is 11.9. The van der Waals surface area contributed by atoms with Gasteiger partial charge in [0.1, 0.15) is 0 Å². The summed E-state index contributed by atoms with van der Waals surface area (Å²) in [6, 6.07) is -0.475. The molecular formula is C13H27N3O3S. The molecule has 0 saturated carbocycles. The third kappa shape index (κ3) is 4.71. The van der Waals surface area contributed by atoms with Crippen molar-refractivity contribution < 1.29 is 13.2 Å². The van der Waals surface area contributed by atoms with E-state index in [0.717, 1.165) is 0 Å². The van der Waals surface area contributed by atoms with Gasteiger partial charge in [0.25, 0.3) is 0 Å². The Morgan fingerprint density at radius 1 is 1.35 bits per heavy atom. The van der Waals surface area contributed by atoms with Gasteiger partial charge in [0.05, 0.1) is 11.8 Å². The Bertz CT molecular complexity index is 415. The molecule has 1 heterocycles. The van der Waals surface area contributed by atoms with Crippen molar-refractivity contribution in [3.8, 4) is 0 Å². The predicted octanol–water partition coefficient (Wildman–Crippen LogP) is 0.290. The number of carbonyl (C=O) groups is 1. The van der Waals surface area contributed by atoms with Crippen molar-refractivity contribution in [2.24, 2.45) is 11.7 Å². The van der Waals surface area contributed by atoms with Crippen LogP contribution in [0.2, 0.25) is 0 Å². The smallest absolute Gasteiger partial charge is 0.237 e. The van der Waals surface area contributed by atoms with Crippen LogP contribution < -0.4 is 11.1 Å².